The summed E-state index contributed by atoms with van der Waals surface area (Å²) in [5, 5.41) is 11.5. The van der Waals surface area contributed by atoms with Crippen molar-refractivity contribution >= 4 is 28.9 Å². The van der Waals surface area contributed by atoms with Gasteiger partial charge in [-0.25, -0.2) is 0 Å². The van der Waals surface area contributed by atoms with E-state index in [9.17, 15) is 10.1 Å². The molecule has 0 N–H and O–H groups in total. The minimum absolute atomic E-state index is 0.136. The first-order valence-corrected chi connectivity index (χ1v) is 6.70. The molecule has 0 bridgehead atoms. The average molecular weight is 312 g/mol. The van der Waals surface area contributed by atoms with Crippen molar-refractivity contribution in [2.24, 2.45) is 0 Å². The Balaban J connectivity index is 2.42. The SMILES string of the molecule is Cc1ccc(Cl)c(Oc2ccc(CCl)cc2[N+](=O)[O-])c1. The van der Waals surface area contributed by atoms with E-state index in [1.807, 2.05) is 13.0 Å². The van der Waals surface area contributed by atoms with Crippen LogP contribution >= 0.6 is 23.2 Å². The van der Waals surface area contributed by atoms with Gasteiger partial charge >= 0.3 is 5.69 Å². The maximum Gasteiger partial charge on any atom is 0.311 e. The van der Waals surface area contributed by atoms with Crippen molar-refractivity contribution in [2.45, 2.75) is 12.8 Å². The molecule has 4 nitrogen and oxygen atoms in total. The fourth-order valence-electron chi connectivity index (χ4n) is 1.68. The fraction of sp³-hybridized carbons (Fsp3) is 0.143. The van der Waals surface area contributed by atoms with Gasteiger partial charge < -0.3 is 4.74 Å². The molecule has 0 saturated heterocycles. The highest BCUT2D eigenvalue weighted by Crippen LogP contribution is 2.36. The second-order valence-electron chi connectivity index (χ2n) is 4.23. The van der Waals surface area contributed by atoms with Crippen molar-refractivity contribution in [3.05, 3.63) is 62.7 Å². The first kappa shape index (κ1) is 14.6. The van der Waals surface area contributed by atoms with Crippen molar-refractivity contribution in [1.82, 2.24) is 0 Å². The molecule has 0 heterocycles. The minimum atomic E-state index is -0.505. The van der Waals surface area contributed by atoms with Crippen molar-refractivity contribution in [1.29, 1.82) is 0 Å². The van der Waals surface area contributed by atoms with Crippen LogP contribution in [0, 0.1) is 17.0 Å². The Hall–Kier alpha value is -1.78. The average Bonchev–Trinajstić information content (AvgIpc) is 2.43. The van der Waals surface area contributed by atoms with Crippen molar-refractivity contribution in [3.8, 4) is 11.5 Å². The molecule has 0 radical (unpaired) electrons. The van der Waals surface area contributed by atoms with Crippen LogP contribution in [0.5, 0.6) is 11.5 Å². The van der Waals surface area contributed by atoms with E-state index in [1.54, 1.807) is 18.2 Å². The molecule has 0 aromatic heterocycles. The molecule has 2 aromatic rings. The second-order valence-corrected chi connectivity index (χ2v) is 4.90. The predicted octanol–water partition coefficient (Wildman–Crippen LogP) is 5.09. The molecular weight excluding hydrogens is 301 g/mol. The predicted molar refractivity (Wildman–Crippen MR) is 78.9 cm³/mol. The van der Waals surface area contributed by atoms with E-state index in [-0.39, 0.29) is 17.3 Å². The zero-order valence-electron chi connectivity index (χ0n) is 10.6. The lowest BCUT2D eigenvalue weighted by Crippen LogP contribution is -1.95. The summed E-state index contributed by atoms with van der Waals surface area (Å²) in [6, 6.07) is 9.84. The first-order valence-electron chi connectivity index (χ1n) is 5.78. The lowest BCUT2D eigenvalue weighted by atomic mass is 10.2. The number of halogens is 2. The van der Waals surface area contributed by atoms with Crippen LogP contribution in [0.2, 0.25) is 5.02 Å². The topological polar surface area (TPSA) is 52.4 Å². The Morgan fingerprint density at radius 3 is 2.60 bits per heavy atom. The van der Waals surface area contributed by atoms with Crippen LogP contribution in [0.4, 0.5) is 5.69 Å². The standard InChI is InChI=1S/C14H11Cl2NO3/c1-9-2-4-11(16)14(6-9)20-13-5-3-10(8-15)7-12(13)17(18)19/h2-7H,8H2,1H3. The molecule has 0 saturated carbocycles. The van der Waals surface area contributed by atoms with Crippen LogP contribution in [-0.4, -0.2) is 4.92 Å². The number of benzene rings is 2. The van der Waals surface area contributed by atoms with E-state index >= 15 is 0 Å². The number of nitro groups is 1. The highest BCUT2D eigenvalue weighted by atomic mass is 35.5. The third-order valence-corrected chi connectivity index (χ3v) is 3.30. The van der Waals surface area contributed by atoms with Crippen LogP contribution in [0.25, 0.3) is 0 Å². The molecule has 2 aromatic carbocycles. The highest BCUT2D eigenvalue weighted by Gasteiger charge is 2.17. The summed E-state index contributed by atoms with van der Waals surface area (Å²) >= 11 is 11.7. The molecule has 0 amide bonds. The highest BCUT2D eigenvalue weighted by molar-refractivity contribution is 6.32. The van der Waals surface area contributed by atoms with Gasteiger partial charge in [0, 0.05) is 11.9 Å². The zero-order valence-corrected chi connectivity index (χ0v) is 12.1. The van der Waals surface area contributed by atoms with Crippen LogP contribution in [0.3, 0.4) is 0 Å². The van der Waals surface area contributed by atoms with Gasteiger partial charge in [0.05, 0.1) is 9.95 Å². The van der Waals surface area contributed by atoms with Gasteiger partial charge in [0.25, 0.3) is 0 Å². The monoisotopic (exact) mass is 311 g/mol. The third kappa shape index (κ3) is 3.21. The maximum absolute atomic E-state index is 11.1. The van der Waals surface area contributed by atoms with Crippen LogP contribution < -0.4 is 4.74 Å². The lowest BCUT2D eigenvalue weighted by Gasteiger charge is -2.09. The summed E-state index contributed by atoms with van der Waals surface area (Å²) < 4.78 is 5.57. The molecule has 0 aliphatic heterocycles. The largest absolute Gasteiger partial charge is 0.449 e. The summed E-state index contributed by atoms with van der Waals surface area (Å²) in [6.45, 7) is 1.88. The molecule has 6 heteroatoms. The van der Waals surface area contributed by atoms with Gasteiger partial charge in [-0.3, -0.25) is 10.1 Å². The van der Waals surface area contributed by atoms with Crippen molar-refractivity contribution < 1.29 is 9.66 Å². The van der Waals surface area contributed by atoms with Gasteiger partial charge in [-0.15, -0.1) is 11.6 Å². The molecule has 104 valence electrons. The molecule has 0 fully saturated rings. The summed E-state index contributed by atoms with van der Waals surface area (Å²) in [7, 11) is 0. The van der Waals surface area contributed by atoms with Gasteiger partial charge in [0.2, 0.25) is 5.75 Å². The number of hydrogen-bond donors (Lipinski definition) is 0. The summed E-state index contributed by atoms with van der Waals surface area (Å²) in [6.07, 6.45) is 0. The smallest absolute Gasteiger partial charge is 0.311 e. The Bertz CT molecular complexity index is 659. The molecule has 0 atom stereocenters. The van der Waals surface area contributed by atoms with E-state index < -0.39 is 4.92 Å². The maximum atomic E-state index is 11.1. The van der Waals surface area contributed by atoms with E-state index in [0.717, 1.165) is 5.56 Å². The lowest BCUT2D eigenvalue weighted by molar-refractivity contribution is -0.385. The third-order valence-electron chi connectivity index (χ3n) is 2.68. The summed E-state index contributed by atoms with van der Waals surface area (Å²) in [4.78, 5) is 10.6. The minimum Gasteiger partial charge on any atom is -0.449 e. The van der Waals surface area contributed by atoms with Gasteiger partial charge in [-0.2, -0.15) is 0 Å². The Morgan fingerprint density at radius 2 is 1.95 bits per heavy atom. The summed E-state index contributed by atoms with van der Waals surface area (Å²) in [5.41, 5.74) is 1.46. The molecule has 0 unspecified atom stereocenters. The number of aryl methyl sites for hydroxylation is 1. The normalized spacial score (nSPS) is 10.3. The van der Waals surface area contributed by atoms with Crippen LogP contribution in [0.15, 0.2) is 36.4 Å². The van der Waals surface area contributed by atoms with E-state index in [1.165, 1.54) is 12.1 Å². The molecule has 0 aliphatic carbocycles. The van der Waals surface area contributed by atoms with Crippen LogP contribution in [-0.2, 0) is 5.88 Å². The zero-order chi connectivity index (χ0) is 14.7. The van der Waals surface area contributed by atoms with E-state index in [2.05, 4.69) is 0 Å². The van der Waals surface area contributed by atoms with Gasteiger partial charge in [-0.05, 0) is 36.2 Å². The first-order chi connectivity index (χ1) is 9.51. The van der Waals surface area contributed by atoms with Gasteiger partial charge in [0.15, 0.2) is 0 Å². The number of nitrogens with zero attached hydrogens (tertiary/aromatic N) is 1. The molecule has 20 heavy (non-hydrogen) atoms. The van der Waals surface area contributed by atoms with Crippen molar-refractivity contribution in [3.63, 3.8) is 0 Å². The molecule has 2 rings (SSSR count). The number of alkyl halides is 1. The van der Waals surface area contributed by atoms with Crippen molar-refractivity contribution in [2.75, 3.05) is 0 Å². The summed E-state index contributed by atoms with van der Waals surface area (Å²) in [5.74, 6) is 0.719. The molecule has 0 spiro atoms. The van der Waals surface area contributed by atoms with Crippen LogP contribution in [0.1, 0.15) is 11.1 Å². The van der Waals surface area contributed by atoms with E-state index in [4.69, 9.17) is 27.9 Å². The number of rotatable bonds is 4. The Kier molecular flexibility index (Phi) is 4.47. The number of hydrogen-bond acceptors (Lipinski definition) is 3. The fourth-order valence-corrected chi connectivity index (χ4v) is 2.00. The second kappa shape index (κ2) is 6.11. The van der Waals surface area contributed by atoms with Gasteiger partial charge in [-0.1, -0.05) is 23.7 Å². The number of nitro benzene ring substituents is 1. The Morgan fingerprint density at radius 1 is 1.20 bits per heavy atom. The quantitative estimate of drug-likeness (QED) is 0.449. The number of ether oxygens (including phenoxy) is 1. The van der Waals surface area contributed by atoms with Gasteiger partial charge in [0.1, 0.15) is 5.75 Å². The van der Waals surface area contributed by atoms with E-state index in [0.29, 0.717) is 16.3 Å². The Labute approximate surface area is 126 Å². The molecule has 0 aliphatic rings. The molecular formula is C14H11Cl2NO3.